The fourth-order valence-corrected chi connectivity index (χ4v) is 9.90. The molecule has 1 aromatic heterocycles. The van der Waals surface area contributed by atoms with E-state index in [1.165, 1.54) is 16.2 Å². The molecule has 15 heteroatoms. The molecule has 1 aliphatic rings. The topological polar surface area (TPSA) is 163 Å². The average Bonchev–Trinajstić information content (AvgIpc) is 3.99. The average molecular weight is 898 g/mol. The summed E-state index contributed by atoms with van der Waals surface area (Å²) in [5.74, 6) is -2.30. The van der Waals surface area contributed by atoms with Crippen LogP contribution in [0.1, 0.15) is 111 Å². The zero-order valence-corrected chi connectivity index (χ0v) is 41.4. The molecule has 63 heavy (non-hydrogen) atoms. The third kappa shape index (κ3) is 13.8. The van der Waals surface area contributed by atoms with E-state index in [9.17, 15) is 24.0 Å². The predicted molar refractivity (Wildman–Crippen MR) is 250 cm³/mol. The number of rotatable bonds is 25. The van der Waals surface area contributed by atoms with E-state index in [0.29, 0.717) is 25.8 Å². The maximum Gasteiger partial charge on any atom is 0.245 e. The summed E-state index contributed by atoms with van der Waals surface area (Å²) >= 11 is 1.50. The van der Waals surface area contributed by atoms with Crippen LogP contribution in [0.5, 0.6) is 0 Å². The molecular formula is C48H79N7O7S. The van der Waals surface area contributed by atoms with E-state index in [1.54, 1.807) is 46.5 Å². The lowest BCUT2D eigenvalue weighted by molar-refractivity contribution is -0.149. The number of carbonyl (C=O) groups is 5. The zero-order chi connectivity index (χ0) is 47.1. The molecule has 1 aromatic carbocycles. The minimum absolute atomic E-state index is 0.00365. The lowest BCUT2D eigenvalue weighted by Gasteiger charge is -2.41. The number of methoxy groups -OCH3 is 2. The monoisotopic (exact) mass is 898 g/mol. The first-order valence-corrected chi connectivity index (χ1v) is 23.9. The summed E-state index contributed by atoms with van der Waals surface area (Å²) in [4.78, 5) is 80.3. The van der Waals surface area contributed by atoms with Gasteiger partial charge in [0.15, 0.2) is 0 Å². The maximum absolute atomic E-state index is 14.6. The minimum Gasteiger partial charge on any atom is -0.379 e. The molecule has 0 bridgehead atoms. The van der Waals surface area contributed by atoms with Crippen LogP contribution in [0.25, 0.3) is 0 Å². The van der Waals surface area contributed by atoms with Crippen LogP contribution in [-0.4, -0.2) is 134 Å². The molecule has 1 fully saturated rings. The molecule has 3 rings (SSSR count). The fourth-order valence-electron chi connectivity index (χ4n) is 9.21. The number of nitrogens with zero attached hydrogens (tertiary/aromatic N) is 4. The molecule has 3 N–H and O–H groups in total. The molecule has 2 aromatic rings. The van der Waals surface area contributed by atoms with Gasteiger partial charge in [0.25, 0.3) is 0 Å². The molecule has 2 heterocycles. The number of likely N-dealkylation sites (N-methyl/N-ethyl adjacent to an activating group) is 3. The SMILES string of the molecule is CC[C@H](C)C([C@@H](CC(=O)N1CCC[C@H]1[C@H](OC)[C@@H](C)C(=O)N[C@@H](Cc1ccccc1)c1nccs1)OC)N(C)C(=O)[C@@H](NC(=O)C(C(C)C)N(C)C(=O)[C@@H](NC)[C@@H](C)CC)C(C)C. The molecule has 0 aliphatic carbocycles. The van der Waals surface area contributed by atoms with E-state index in [4.69, 9.17) is 9.47 Å². The van der Waals surface area contributed by atoms with Gasteiger partial charge in [-0.3, -0.25) is 24.0 Å². The van der Waals surface area contributed by atoms with E-state index in [2.05, 4.69) is 20.9 Å². The zero-order valence-electron chi connectivity index (χ0n) is 40.6. The van der Waals surface area contributed by atoms with Gasteiger partial charge in [-0.25, -0.2) is 4.98 Å². The third-order valence-electron chi connectivity index (χ3n) is 13.3. The second kappa shape index (κ2) is 25.5. The number of aromatic nitrogens is 1. The van der Waals surface area contributed by atoms with Gasteiger partial charge in [-0.05, 0) is 55.5 Å². The molecule has 11 atom stereocenters. The third-order valence-corrected chi connectivity index (χ3v) is 14.2. The van der Waals surface area contributed by atoms with Gasteiger partial charge < -0.3 is 40.1 Å². The van der Waals surface area contributed by atoms with Crippen LogP contribution < -0.4 is 16.0 Å². The number of nitrogens with one attached hydrogen (secondary N) is 3. The van der Waals surface area contributed by atoms with Gasteiger partial charge in [-0.15, -0.1) is 11.3 Å². The molecule has 354 valence electrons. The van der Waals surface area contributed by atoms with Crippen LogP contribution in [0.2, 0.25) is 0 Å². The summed E-state index contributed by atoms with van der Waals surface area (Å²) in [5, 5.41) is 12.1. The summed E-state index contributed by atoms with van der Waals surface area (Å²) in [5.41, 5.74) is 1.08. The Bertz CT molecular complexity index is 1730. The number of amides is 5. The lowest BCUT2D eigenvalue weighted by Crippen LogP contribution is -2.61. The molecular weight excluding hydrogens is 819 g/mol. The van der Waals surface area contributed by atoms with Crippen molar-refractivity contribution in [2.45, 2.75) is 149 Å². The minimum atomic E-state index is -0.900. The van der Waals surface area contributed by atoms with E-state index in [-0.39, 0.29) is 65.8 Å². The van der Waals surface area contributed by atoms with Crippen molar-refractivity contribution in [3.63, 3.8) is 0 Å². The number of benzene rings is 1. The summed E-state index contributed by atoms with van der Waals surface area (Å²) in [6.07, 6.45) is 4.02. The number of ether oxygens (including phenoxy) is 2. The highest BCUT2D eigenvalue weighted by molar-refractivity contribution is 7.09. The van der Waals surface area contributed by atoms with Crippen molar-refractivity contribution in [1.82, 2.24) is 35.6 Å². The Labute approximate surface area is 382 Å². The van der Waals surface area contributed by atoms with Crippen molar-refractivity contribution in [2.75, 3.05) is 41.9 Å². The number of hydrogen-bond donors (Lipinski definition) is 3. The van der Waals surface area contributed by atoms with Crippen molar-refractivity contribution in [3.05, 3.63) is 52.5 Å². The highest BCUT2D eigenvalue weighted by Crippen LogP contribution is 2.31. The smallest absolute Gasteiger partial charge is 0.245 e. The summed E-state index contributed by atoms with van der Waals surface area (Å²) in [6.45, 7) is 18.0. The molecule has 0 spiro atoms. The highest BCUT2D eigenvalue weighted by atomic mass is 32.1. The Morgan fingerprint density at radius 2 is 1.48 bits per heavy atom. The fraction of sp³-hybridized carbons (Fsp3) is 0.708. The summed E-state index contributed by atoms with van der Waals surface area (Å²) in [6, 6.07) is 6.65. The predicted octanol–water partition coefficient (Wildman–Crippen LogP) is 5.72. The van der Waals surface area contributed by atoms with Crippen molar-refractivity contribution in [2.24, 2.45) is 29.6 Å². The first-order chi connectivity index (χ1) is 29.9. The largest absolute Gasteiger partial charge is 0.379 e. The number of thiazole rings is 1. The van der Waals surface area contributed by atoms with Crippen LogP contribution in [0.4, 0.5) is 0 Å². The quantitative estimate of drug-likeness (QED) is 0.113. The van der Waals surface area contributed by atoms with Gasteiger partial charge in [-0.1, -0.05) is 105 Å². The van der Waals surface area contributed by atoms with Gasteiger partial charge in [0.2, 0.25) is 29.5 Å². The molecule has 14 nitrogen and oxygen atoms in total. The highest BCUT2D eigenvalue weighted by Gasteiger charge is 2.44. The van der Waals surface area contributed by atoms with Crippen LogP contribution in [-0.2, 0) is 39.9 Å². The second-order valence-corrected chi connectivity index (χ2v) is 19.2. The van der Waals surface area contributed by atoms with Crippen molar-refractivity contribution in [1.29, 1.82) is 0 Å². The van der Waals surface area contributed by atoms with Crippen LogP contribution in [0, 0.1) is 29.6 Å². The van der Waals surface area contributed by atoms with Gasteiger partial charge in [0, 0.05) is 46.4 Å². The Kier molecular flexibility index (Phi) is 21.7. The van der Waals surface area contributed by atoms with E-state index >= 15 is 0 Å². The standard InChI is InChI=1S/C48H79N7O7S/c1-15-31(7)40(49-10)48(60)53(11)41(30(5)6)45(58)52-39(29(3)4)47(59)54(12)42(32(8)16-2)37(61-13)28-38(56)55-25-20-23-36(55)43(62-14)33(9)44(57)51-35(46-50-24-26-63-46)27-34-21-18-17-19-22-34/h17-19,21-22,24,26,29-33,35-37,39-43,49H,15-16,20,23,25,27-28H2,1-14H3,(H,51,57)(H,52,58)/t31-,32-,33+,35-,36-,37+,39-,40-,41?,42?,43+/m0/s1. The molecule has 1 aliphatic heterocycles. The Morgan fingerprint density at radius 3 is 2.00 bits per heavy atom. The molecule has 1 saturated heterocycles. The maximum atomic E-state index is 14.6. The number of carbonyl (C=O) groups excluding carboxylic acids is 5. The van der Waals surface area contributed by atoms with Gasteiger partial charge in [-0.2, -0.15) is 0 Å². The van der Waals surface area contributed by atoms with Crippen molar-refractivity contribution in [3.8, 4) is 0 Å². The van der Waals surface area contributed by atoms with Gasteiger partial charge in [0.1, 0.15) is 17.1 Å². The Morgan fingerprint density at radius 1 is 0.841 bits per heavy atom. The number of hydrogen-bond acceptors (Lipinski definition) is 10. The molecule has 5 amide bonds. The normalized spacial score (nSPS) is 19.0. The molecule has 0 saturated carbocycles. The summed E-state index contributed by atoms with van der Waals surface area (Å²) in [7, 11) is 8.27. The van der Waals surface area contributed by atoms with Gasteiger partial charge in [0.05, 0.1) is 48.7 Å². The van der Waals surface area contributed by atoms with Crippen LogP contribution >= 0.6 is 11.3 Å². The van der Waals surface area contributed by atoms with E-state index in [0.717, 1.165) is 23.4 Å². The first-order valence-electron chi connectivity index (χ1n) is 23.0. The van der Waals surface area contributed by atoms with E-state index < -0.39 is 48.2 Å². The summed E-state index contributed by atoms with van der Waals surface area (Å²) < 4.78 is 12.2. The Hall–Kier alpha value is -3.92. The lowest BCUT2D eigenvalue weighted by atomic mass is 9.89. The second-order valence-electron chi connectivity index (χ2n) is 18.2. The van der Waals surface area contributed by atoms with Gasteiger partial charge >= 0.3 is 0 Å². The van der Waals surface area contributed by atoms with Crippen molar-refractivity contribution < 1.29 is 33.4 Å². The number of likely N-dealkylation sites (tertiary alicyclic amines) is 1. The van der Waals surface area contributed by atoms with Crippen LogP contribution in [0.3, 0.4) is 0 Å². The first kappa shape index (κ1) is 53.4. The molecule has 0 radical (unpaired) electrons. The van der Waals surface area contributed by atoms with Crippen molar-refractivity contribution >= 4 is 40.9 Å². The van der Waals surface area contributed by atoms with Crippen LogP contribution in [0.15, 0.2) is 41.9 Å². The Balaban J connectivity index is 1.81. The van der Waals surface area contributed by atoms with E-state index in [1.807, 2.05) is 103 Å². The molecule has 2 unspecified atom stereocenters.